The summed E-state index contributed by atoms with van der Waals surface area (Å²) < 4.78 is 0. The van der Waals surface area contributed by atoms with E-state index in [0.717, 1.165) is 18.7 Å². The Morgan fingerprint density at radius 2 is 2.44 bits per heavy atom. The Morgan fingerprint density at radius 1 is 1.67 bits per heavy atom. The first kappa shape index (κ1) is 13.5. The Balaban J connectivity index is 2.04. The lowest BCUT2D eigenvalue weighted by Crippen LogP contribution is -2.47. The van der Waals surface area contributed by atoms with Crippen LogP contribution in [-0.2, 0) is 6.54 Å². The van der Waals surface area contributed by atoms with Crippen molar-refractivity contribution in [2.75, 3.05) is 13.1 Å². The van der Waals surface area contributed by atoms with Crippen molar-refractivity contribution < 1.29 is 4.92 Å². The van der Waals surface area contributed by atoms with Crippen LogP contribution in [0.1, 0.15) is 25.3 Å². The highest BCUT2D eigenvalue weighted by atomic mass is 32.1. The van der Waals surface area contributed by atoms with Crippen molar-refractivity contribution >= 4 is 16.3 Å². The van der Waals surface area contributed by atoms with E-state index in [2.05, 4.69) is 11.8 Å². The number of nitrogens with zero attached hydrogens (tertiary/aromatic N) is 2. The molecule has 1 aromatic rings. The van der Waals surface area contributed by atoms with Crippen LogP contribution in [0, 0.1) is 16.0 Å². The molecular formula is C12H19N3O2S. The van der Waals surface area contributed by atoms with Gasteiger partial charge in [-0.3, -0.25) is 15.0 Å². The number of nitro groups is 1. The van der Waals surface area contributed by atoms with Gasteiger partial charge in [-0.2, -0.15) is 0 Å². The minimum absolute atomic E-state index is 0.222. The van der Waals surface area contributed by atoms with E-state index in [9.17, 15) is 10.1 Å². The van der Waals surface area contributed by atoms with Crippen LogP contribution in [-0.4, -0.2) is 29.0 Å². The van der Waals surface area contributed by atoms with Crippen molar-refractivity contribution in [3.8, 4) is 0 Å². The van der Waals surface area contributed by atoms with Gasteiger partial charge in [-0.15, -0.1) is 0 Å². The summed E-state index contributed by atoms with van der Waals surface area (Å²) in [4.78, 5) is 12.7. The highest BCUT2D eigenvalue weighted by Gasteiger charge is 2.27. The molecule has 2 rings (SSSR count). The maximum atomic E-state index is 10.7. The molecular weight excluding hydrogens is 250 g/mol. The van der Waals surface area contributed by atoms with Crippen molar-refractivity contribution in [1.82, 2.24) is 4.90 Å². The SMILES string of the molecule is CC1CCCN(Cc2csc([N+](=O)[O-])c2)C1CN. The van der Waals surface area contributed by atoms with Crippen molar-refractivity contribution in [2.45, 2.75) is 32.4 Å². The highest BCUT2D eigenvalue weighted by molar-refractivity contribution is 7.13. The molecule has 1 fully saturated rings. The third-order valence-corrected chi connectivity index (χ3v) is 4.61. The largest absolute Gasteiger partial charge is 0.329 e. The summed E-state index contributed by atoms with van der Waals surface area (Å²) in [6.45, 7) is 4.71. The molecule has 6 heteroatoms. The molecule has 0 bridgehead atoms. The van der Waals surface area contributed by atoms with E-state index >= 15 is 0 Å². The summed E-state index contributed by atoms with van der Waals surface area (Å²) in [5.74, 6) is 0.609. The normalized spacial score (nSPS) is 25.2. The van der Waals surface area contributed by atoms with Gasteiger partial charge in [-0.05, 0) is 30.9 Å². The molecule has 1 aliphatic rings. The topological polar surface area (TPSA) is 72.4 Å². The van der Waals surface area contributed by atoms with Crippen molar-refractivity contribution in [3.63, 3.8) is 0 Å². The lowest BCUT2D eigenvalue weighted by Gasteiger charge is -2.39. The van der Waals surface area contributed by atoms with Crippen LogP contribution >= 0.6 is 11.3 Å². The molecule has 0 saturated carbocycles. The van der Waals surface area contributed by atoms with E-state index in [0.29, 0.717) is 18.5 Å². The molecule has 0 spiro atoms. The number of piperidine rings is 1. The second-order valence-electron chi connectivity index (χ2n) is 4.94. The maximum absolute atomic E-state index is 10.7. The Bertz CT molecular complexity index is 421. The predicted octanol–water partition coefficient (Wildman–Crippen LogP) is 2.22. The van der Waals surface area contributed by atoms with Gasteiger partial charge in [0.1, 0.15) is 0 Å². The molecule has 2 heterocycles. The number of likely N-dealkylation sites (tertiary alicyclic amines) is 1. The van der Waals surface area contributed by atoms with Crippen molar-refractivity contribution in [3.05, 3.63) is 27.1 Å². The van der Waals surface area contributed by atoms with Gasteiger partial charge in [0.2, 0.25) is 0 Å². The Kier molecular flexibility index (Phi) is 4.31. The summed E-state index contributed by atoms with van der Waals surface area (Å²) in [5.41, 5.74) is 6.87. The molecule has 1 aromatic heterocycles. The number of nitrogens with two attached hydrogens (primary N) is 1. The quantitative estimate of drug-likeness (QED) is 0.672. The van der Waals surface area contributed by atoms with Gasteiger partial charge in [-0.25, -0.2) is 0 Å². The Morgan fingerprint density at radius 3 is 3.06 bits per heavy atom. The van der Waals surface area contributed by atoms with Gasteiger partial charge >= 0.3 is 5.00 Å². The monoisotopic (exact) mass is 269 g/mol. The van der Waals surface area contributed by atoms with E-state index < -0.39 is 0 Å². The van der Waals surface area contributed by atoms with Gasteiger partial charge in [0.25, 0.3) is 0 Å². The van der Waals surface area contributed by atoms with Crippen LogP contribution < -0.4 is 5.73 Å². The number of hydrogen-bond donors (Lipinski definition) is 1. The fraction of sp³-hybridized carbons (Fsp3) is 0.667. The van der Waals surface area contributed by atoms with Gasteiger partial charge in [0.15, 0.2) is 0 Å². The van der Waals surface area contributed by atoms with E-state index in [-0.39, 0.29) is 9.92 Å². The molecule has 5 nitrogen and oxygen atoms in total. The van der Waals surface area contributed by atoms with E-state index in [1.54, 1.807) is 6.07 Å². The number of rotatable bonds is 4. The molecule has 100 valence electrons. The van der Waals surface area contributed by atoms with E-state index in [1.807, 2.05) is 5.38 Å². The van der Waals surface area contributed by atoms with Crippen molar-refractivity contribution in [1.29, 1.82) is 0 Å². The second kappa shape index (κ2) is 5.77. The minimum Gasteiger partial charge on any atom is -0.329 e. The maximum Gasteiger partial charge on any atom is 0.324 e. The zero-order chi connectivity index (χ0) is 13.1. The Labute approximate surface area is 111 Å². The molecule has 0 radical (unpaired) electrons. The average molecular weight is 269 g/mol. The molecule has 0 amide bonds. The van der Waals surface area contributed by atoms with Gasteiger partial charge in [0, 0.05) is 30.6 Å². The van der Waals surface area contributed by atoms with Crippen LogP contribution in [0.15, 0.2) is 11.4 Å². The van der Waals surface area contributed by atoms with E-state index in [4.69, 9.17) is 5.73 Å². The molecule has 1 saturated heterocycles. The second-order valence-corrected chi connectivity index (χ2v) is 5.83. The summed E-state index contributed by atoms with van der Waals surface area (Å²) in [5, 5.41) is 12.8. The molecule has 0 aromatic carbocycles. The lowest BCUT2D eigenvalue weighted by atomic mass is 9.90. The first-order valence-corrected chi connectivity index (χ1v) is 7.15. The molecule has 2 N–H and O–H groups in total. The molecule has 18 heavy (non-hydrogen) atoms. The van der Waals surface area contributed by atoms with Gasteiger partial charge in [-0.1, -0.05) is 18.3 Å². The standard InChI is InChI=1S/C12H19N3O2S/c1-9-3-2-4-14(11(9)6-13)7-10-5-12(15(16)17)18-8-10/h5,8-9,11H,2-4,6-7,13H2,1H3. The summed E-state index contributed by atoms with van der Waals surface area (Å²) in [6.07, 6.45) is 2.41. The molecule has 1 aliphatic heterocycles. The van der Waals surface area contributed by atoms with Crippen LogP contribution in [0.4, 0.5) is 5.00 Å². The van der Waals surface area contributed by atoms with Crippen LogP contribution in [0.25, 0.3) is 0 Å². The third-order valence-electron chi connectivity index (χ3n) is 3.68. The minimum atomic E-state index is -0.326. The highest BCUT2D eigenvalue weighted by Crippen LogP contribution is 2.27. The molecule has 2 atom stereocenters. The van der Waals surface area contributed by atoms with Crippen molar-refractivity contribution in [2.24, 2.45) is 11.7 Å². The number of thiophene rings is 1. The van der Waals surface area contributed by atoms with Crippen LogP contribution in [0.5, 0.6) is 0 Å². The first-order valence-electron chi connectivity index (χ1n) is 6.27. The third kappa shape index (κ3) is 2.88. The first-order chi connectivity index (χ1) is 8.61. The van der Waals surface area contributed by atoms with E-state index in [1.165, 1.54) is 24.2 Å². The zero-order valence-corrected chi connectivity index (χ0v) is 11.4. The van der Waals surface area contributed by atoms with Crippen LogP contribution in [0.3, 0.4) is 0 Å². The smallest absolute Gasteiger partial charge is 0.324 e. The molecule has 0 aliphatic carbocycles. The van der Waals surface area contributed by atoms with Crippen LogP contribution in [0.2, 0.25) is 0 Å². The predicted molar refractivity (Wildman–Crippen MR) is 72.6 cm³/mol. The fourth-order valence-electron chi connectivity index (χ4n) is 2.69. The summed E-state index contributed by atoms with van der Waals surface area (Å²) in [6, 6.07) is 2.08. The van der Waals surface area contributed by atoms with Gasteiger partial charge in [0.05, 0.1) is 4.92 Å². The lowest BCUT2D eigenvalue weighted by molar-refractivity contribution is -0.380. The zero-order valence-electron chi connectivity index (χ0n) is 10.5. The number of hydrogen-bond acceptors (Lipinski definition) is 5. The Hall–Kier alpha value is -0.980. The molecule has 2 unspecified atom stereocenters. The fourth-order valence-corrected chi connectivity index (χ4v) is 3.41. The van der Waals surface area contributed by atoms with Gasteiger partial charge < -0.3 is 5.73 Å². The summed E-state index contributed by atoms with van der Waals surface area (Å²) >= 11 is 1.20. The summed E-state index contributed by atoms with van der Waals surface area (Å²) in [7, 11) is 0. The average Bonchev–Trinajstić information content (AvgIpc) is 2.78.